The number of rotatable bonds is 5. The highest BCUT2D eigenvalue weighted by Crippen LogP contribution is 1.98. The molecule has 84 valence electrons. The van der Waals surface area contributed by atoms with E-state index in [0.29, 0.717) is 25.0 Å². The maximum Gasteiger partial charge on any atom is 0.227 e. The van der Waals surface area contributed by atoms with Crippen LogP contribution in [-0.4, -0.2) is 33.3 Å². The number of aromatic nitrogens is 3. The van der Waals surface area contributed by atoms with E-state index in [1.54, 1.807) is 7.05 Å². The molecule has 2 N–H and O–H groups in total. The Morgan fingerprint density at radius 3 is 2.87 bits per heavy atom. The Bertz CT molecular complexity index is 320. The highest BCUT2D eigenvalue weighted by Gasteiger charge is 2.05. The van der Waals surface area contributed by atoms with Crippen molar-refractivity contribution >= 4 is 11.9 Å². The summed E-state index contributed by atoms with van der Waals surface area (Å²) >= 11 is 0. The van der Waals surface area contributed by atoms with E-state index in [1.807, 2.05) is 13.8 Å². The molecule has 1 aromatic heterocycles. The lowest BCUT2D eigenvalue weighted by Gasteiger charge is -2.07. The average Bonchev–Trinajstić information content (AvgIpc) is 2.51. The van der Waals surface area contributed by atoms with Crippen molar-refractivity contribution in [2.75, 3.05) is 11.9 Å². The lowest BCUT2D eigenvalue weighted by molar-refractivity contribution is -0.116. The minimum Gasteiger partial charge on any atom is -0.314 e. The molecule has 15 heavy (non-hydrogen) atoms. The van der Waals surface area contributed by atoms with Crippen LogP contribution in [0.4, 0.5) is 5.95 Å². The van der Waals surface area contributed by atoms with Gasteiger partial charge < -0.3 is 5.32 Å². The lowest BCUT2D eigenvalue weighted by Crippen LogP contribution is -2.27. The number of carbonyl (C=O) groups excluding carboxylic acids is 1. The van der Waals surface area contributed by atoms with Gasteiger partial charge in [-0.25, -0.2) is 4.68 Å². The third-order valence-electron chi connectivity index (χ3n) is 1.87. The number of carbonyl (C=O) groups is 1. The average molecular weight is 211 g/mol. The number of anilines is 1. The molecule has 1 amide bonds. The molecular formula is C9H17N5O. The van der Waals surface area contributed by atoms with E-state index in [0.717, 1.165) is 0 Å². The lowest BCUT2D eigenvalue weighted by atomic mass is 10.3. The molecule has 0 fully saturated rings. The predicted octanol–water partition coefficient (Wildman–Crippen LogP) is 0.142. The van der Waals surface area contributed by atoms with E-state index in [2.05, 4.69) is 20.7 Å². The zero-order valence-corrected chi connectivity index (χ0v) is 9.32. The van der Waals surface area contributed by atoms with Crippen molar-refractivity contribution in [2.45, 2.75) is 26.3 Å². The van der Waals surface area contributed by atoms with Gasteiger partial charge in [-0.15, -0.1) is 0 Å². The monoisotopic (exact) mass is 211 g/mol. The van der Waals surface area contributed by atoms with Crippen molar-refractivity contribution in [3.8, 4) is 0 Å². The molecule has 1 aromatic rings. The van der Waals surface area contributed by atoms with E-state index in [9.17, 15) is 4.79 Å². The standard InChI is InChI=1S/C9H17N5O/c1-7(2)10-5-4-8(15)13-9-11-6-12-14(9)3/h6-7,10H,4-5H2,1-3H3,(H,11,12,13,15). The van der Waals surface area contributed by atoms with Gasteiger partial charge in [-0.3, -0.25) is 10.1 Å². The van der Waals surface area contributed by atoms with Gasteiger partial charge in [0, 0.05) is 26.1 Å². The number of nitrogens with zero attached hydrogens (tertiary/aromatic N) is 3. The van der Waals surface area contributed by atoms with Crippen LogP contribution in [0.2, 0.25) is 0 Å². The predicted molar refractivity (Wildman–Crippen MR) is 57.4 cm³/mol. The molecule has 0 aliphatic heterocycles. The van der Waals surface area contributed by atoms with Gasteiger partial charge in [-0.1, -0.05) is 13.8 Å². The summed E-state index contributed by atoms with van der Waals surface area (Å²) in [6.45, 7) is 4.75. The van der Waals surface area contributed by atoms with Crippen LogP contribution in [0.3, 0.4) is 0 Å². The number of hydrogen-bond donors (Lipinski definition) is 2. The van der Waals surface area contributed by atoms with Crippen molar-refractivity contribution in [1.29, 1.82) is 0 Å². The van der Waals surface area contributed by atoms with Crippen LogP contribution in [0.5, 0.6) is 0 Å². The van der Waals surface area contributed by atoms with Crippen LogP contribution in [0.25, 0.3) is 0 Å². The Morgan fingerprint density at radius 2 is 2.33 bits per heavy atom. The molecule has 0 bridgehead atoms. The van der Waals surface area contributed by atoms with Gasteiger partial charge in [0.1, 0.15) is 6.33 Å². The second kappa shape index (κ2) is 5.45. The van der Waals surface area contributed by atoms with Crippen molar-refractivity contribution < 1.29 is 4.79 Å². The fraction of sp³-hybridized carbons (Fsp3) is 0.667. The molecular weight excluding hydrogens is 194 g/mol. The Labute approximate surface area is 89.1 Å². The first kappa shape index (κ1) is 11.6. The fourth-order valence-corrected chi connectivity index (χ4v) is 1.07. The third-order valence-corrected chi connectivity index (χ3v) is 1.87. The largest absolute Gasteiger partial charge is 0.314 e. The highest BCUT2D eigenvalue weighted by molar-refractivity contribution is 5.89. The zero-order chi connectivity index (χ0) is 11.3. The van der Waals surface area contributed by atoms with Crippen molar-refractivity contribution in [2.24, 2.45) is 7.05 Å². The molecule has 0 aliphatic rings. The second-order valence-corrected chi connectivity index (χ2v) is 3.61. The smallest absolute Gasteiger partial charge is 0.227 e. The fourth-order valence-electron chi connectivity index (χ4n) is 1.07. The molecule has 1 heterocycles. The van der Waals surface area contributed by atoms with E-state index in [1.165, 1.54) is 11.0 Å². The summed E-state index contributed by atoms with van der Waals surface area (Å²) < 4.78 is 1.52. The molecule has 0 atom stereocenters. The molecule has 0 spiro atoms. The summed E-state index contributed by atoms with van der Waals surface area (Å²) in [6, 6.07) is 0.396. The van der Waals surface area contributed by atoms with Crippen LogP contribution in [0.15, 0.2) is 6.33 Å². The highest BCUT2D eigenvalue weighted by atomic mass is 16.1. The minimum absolute atomic E-state index is 0.0562. The number of nitrogens with one attached hydrogen (secondary N) is 2. The van der Waals surface area contributed by atoms with Gasteiger partial charge in [-0.2, -0.15) is 10.1 Å². The van der Waals surface area contributed by atoms with Crippen molar-refractivity contribution in [1.82, 2.24) is 20.1 Å². The quantitative estimate of drug-likeness (QED) is 0.726. The van der Waals surface area contributed by atoms with E-state index in [-0.39, 0.29) is 5.91 Å². The first-order chi connectivity index (χ1) is 7.09. The summed E-state index contributed by atoms with van der Waals surface area (Å²) in [5.41, 5.74) is 0. The van der Waals surface area contributed by atoms with Gasteiger partial charge in [0.2, 0.25) is 11.9 Å². The van der Waals surface area contributed by atoms with Gasteiger partial charge in [0.15, 0.2) is 0 Å². The summed E-state index contributed by atoms with van der Waals surface area (Å²) in [6.07, 6.45) is 1.84. The normalized spacial score (nSPS) is 10.7. The number of amides is 1. The molecule has 0 radical (unpaired) electrons. The summed E-state index contributed by atoms with van der Waals surface area (Å²) in [7, 11) is 1.73. The molecule has 0 saturated heterocycles. The minimum atomic E-state index is -0.0562. The van der Waals surface area contributed by atoms with Crippen LogP contribution in [0.1, 0.15) is 20.3 Å². The molecule has 0 aliphatic carbocycles. The maximum absolute atomic E-state index is 11.4. The number of hydrogen-bond acceptors (Lipinski definition) is 4. The first-order valence-electron chi connectivity index (χ1n) is 4.97. The Balaban J connectivity index is 2.28. The topological polar surface area (TPSA) is 71.8 Å². The maximum atomic E-state index is 11.4. The van der Waals surface area contributed by atoms with Crippen LogP contribution >= 0.6 is 0 Å². The van der Waals surface area contributed by atoms with Crippen LogP contribution < -0.4 is 10.6 Å². The Kier molecular flexibility index (Phi) is 4.23. The first-order valence-corrected chi connectivity index (χ1v) is 4.97. The summed E-state index contributed by atoms with van der Waals surface area (Å²) in [5, 5.41) is 9.69. The van der Waals surface area contributed by atoms with Crippen LogP contribution in [-0.2, 0) is 11.8 Å². The molecule has 6 nitrogen and oxygen atoms in total. The van der Waals surface area contributed by atoms with Crippen molar-refractivity contribution in [3.05, 3.63) is 6.33 Å². The van der Waals surface area contributed by atoms with E-state index >= 15 is 0 Å². The molecule has 6 heteroatoms. The van der Waals surface area contributed by atoms with Gasteiger partial charge in [-0.05, 0) is 0 Å². The molecule has 0 unspecified atom stereocenters. The second-order valence-electron chi connectivity index (χ2n) is 3.61. The summed E-state index contributed by atoms with van der Waals surface area (Å²) in [5.74, 6) is 0.420. The molecule has 1 rings (SSSR count). The SMILES string of the molecule is CC(C)NCCC(=O)Nc1ncnn1C. The Hall–Kier alpha value is -1.43. The van der Waals surface area contributed by atoms with Gasteiger partial charge in [0.05, 0.1) is 0 Å². The van der Waals surface area contributed by atoms with Gasteiger partial charge >= 0.3 is 0 Å². The van der Waals surface area contributed by atoms with Crippen LogP contribution in [0, 0.1) is 0 Å². The van der Waals surface area contributed by atoms with E-state index < -0.39 is 0 Å². The molecule has 0 aromatic carbocycles. The third kappa shape index (κ3) is 4.07. The van der Waals surface area contributed by atoms with Crippen molar-refractivity contribution in [3.63, 3.8) is 0 Å². The number of aryl methyl sites for hydroxylation is 1. The van der Waals surface area contributed by atoms with E-state index in [4.69, 9.17) is 0 Å². The molecule has 0 saturated carbocycles. The van der Waals surface area contributed by atoms with Gasteiger partial charge in [0.25, 0.3) is 0 Å². The Morgan fingerprint density at radius 1 is 1.60 bits per heavy atom. The zero-order valence-electron chi connectivity index (χ0n) is 9.32. The summed E-state index contributed by atoms with van der Waals surface area (Å²) in [4.78, 5) is 15.3.